The van der Waals surface area contributed by atoms with Crippen molar-refractivity contribution in [1.29, 1.82) is 0 Å². The van der Waals surface area contributed by atoms with Crippen LogP contribution in [-0.2, 0) is 4.74 Å². The summed E-state index contributed by atoms with van der Waals surface area (Å²) in [5.74, 6) is 1.49. The van der Waals surface area contributed by atoms with E-state index >= 15 is 0 Å². The molecule has 1 saturated heterocycles. The van der Waals surface area contributed by atoms with Crippen molar-refractivity contribution in [3.63, 3.8) is 0 Å². The summed E-state index contributed by atoms with van der Waals surface area (Å²) in [7, 11) is 2.22. The van der Waals surface area contributed by atoms with Crippen molar-refractivity contribution in [2.45, 2.75) is 39.2 Å². The second-order valence-corrected chi connectivity index (χ2v) is 6.02. The predicted molar refractivity (Wildman–Crippen MR) is 73.2 cm³/mol. The van der Waals surface area contributed by atoms with Crippen LogP contribution >= 0.6 is 15.9 Å². The average Bonchev–Trinajstić information content (AvgIpc) is 2.27. The van der Waals surface area contributed by atoms with Gasteiger partial charge in [0.15, 0.2) is 0 Å². The lowest BCUT2D eigenvalue weighted by Crippen LogP contribution is -2.37. The predicted octanol–water partition coefficient (Wildman–Crippen LogP) is 3.15. The van der Waals surface area contributed by atoms with E-state index in [-0.39, 0.29) is 0 Å². The van der Waals surface area contributed by atoms with Gasteiger partial charge in [0, 0.05) is 25.0 Å². The standard InChI is InChI=1S/C13H26BrNO/c1-11(2)12(8-14)9-15(3)10-13-6-4-5-7-16-13/h11-13H,4-10H2,1-3H3. The van der Waals surface area contributed by atoms with E-state index in [2.05, 4.69) is 41.7 Å². The van der Waals surface area contributed by atoms with E-state index in [9.17, 15) is 0 Å². The van der Waals surface area contributed by atoms with Gasteiger partial charge in [0.1, 0.15) is 0 Å². The van der Waals surface area contributed by atoms with Gasteiger partial charge < -0.3 is 9.64 Å². The molecule has 0 aliphatic carbocycles. The van der Waals surface area contributed by atoms with Gasteiger partial charge in [-0.2, -0.15) is 0 Å². The number of hydrogen-bond acceptors (Lipinski definition) is 2. The number of ether oxygens (including phenoxy) is 1. The molecule has 0 aromatic carbocycles. The fourth-order valence-electron chi connectivity index (χ4n) is 2.21. The summed E-state index contributed by atoms with van der Waals surface area (Å²) < 4.78 is 5.77. The third-order valence-electron chi connectivity index (χ3n) is 3.48. The largest absolute Gasteiger partial charge is 0.377 e. The Bertz CT molecular complexity index is 181. The molecule has 2 unspecified atom stereocenters. The molecular weight excluding hydrogens is 266 g/mol. The summed E-state index contributed by atoms with van der Waals surface area (Å²) in [6, 6.07) is 0. The first kappa shape index (κ1) is 14.5. The molecule has 0 aromatic heterocycles. The minimum atomic E-state index is 0.474. The molecule has 1 aliphatic heterocycles. The second kappa shape index (κ2) is 7.67. The zero-order chi connectivity index (χ0) is 12.0. The number of halogens is 1. The number of nitrogens with zero attached hydrogens (tertiary/aromatic N) is 1. The lowest BCUT2D eigenvalue weighted by atomic mass is 9.97. The lowest BCUT2D eigenvalue weighted by molar-refractivity contribution is -0.00385. The van der Waals surface area contributed by atoms with E-state index in [0.717, 1.165) is 30.3 Å². The molecule has 1 aliphatic rings. The maximum atomic E-state index is 5.77. The van der Waals surface area contributed by atoms with Crippen molar-refractivity contribution in [3.8, 4) is 0 Å². The Morgan fingerprint density at radius 2 is 2.12 bits per heavy atom. The van der Waals surface area contributed by atoms with Gasteiger partial charge in [-0.25, -0.2) is 0 Å². The smallest absolute Gasteiger partial charge is 0.0701 e. The minimum absolute atomic E-state index is 0.474. The quantitative estimate of drug-likeness (QED) is 0.697. The first-order valence-electron chi connectivity index (χ1n) is 6.49. The van der Waals surface area contributed by atoms with Crippen LogP contribution in [0.2, 0.25) is 0 Å². The number of hydrogen-bond donors (Lipinski definition) is 0. The number of likely N-dealkylation sites (N-methyl/N-ethyl adjacent to an activating group) is 1. The Kier molecular flexibility index (Phi) is 6.94. The summed E-state index contributed by atoms with van der Waals surface area (Å²) in [6.07, 6.45) is 4.30. The molecule has 96 valence electrons. The van der Waals surface area contributed by atoms with Crippen LogP contribution in [0.15, 0.2) is 0 Å². The van der Waals surface area contributed by atoms with Crippen LogP contribution in [0.3, 0.4) is 0 Å². The summed E-state index contributed by atoms with van der Waals surface area (Å²) in [5, 5.41) is 1.10. The molecule has 0 amide bonds. The van der Waals surface area contributed by atoms with E-state index in [4.69, 9.17) is 4.74 Å². The van der Waals surface area contributed by atoms with E-state index in [0.29, 0.717) is 6.10 Å². The van der Waals surface area contributed by atoms with Crippen molar-refractivity contribution < 1.29 is 4.74 Å². The fourth-order valence-corrected chi connectivity index (χ4v) is 3.16. The van der Waals surface area contributed by atoms with Gasteiger partial charge in [-0.3, -0.25) is 0 Å². The van der Waals surface area contributed by atoms with Crippen molar-refractivity contribution in [2.75, 3.05) is 32.1 Å². The van der Waals surface area contributed by atoms with Crippen LogP contribution in [0.1, 0.15) is 33.1 Å². The molecule has 1 fully saturated rings. The van der Waals surface area contributed by atoms with Gasteiger partial charge in [-0.15, -0.1) is 0 Å². The van der Waals surface area contributed by atoms with Crippen LogP contribution in [0.4, 0.5) is 0 Å². The third-order valence-corrected chi connectivity index (χ3v) is 4.31. The monoisotopic (exact) mass is 291 g/mol. The van der Waals surface area contributed by atoms with Crippen molar-refractivity contribution in [2.24, 2.45) is 11.8 Å². The highest BCUT2D eigenvalue weighted by molar-refractivity contribution is 9.09. The summed E-state index contributed by atoms with van der Waals surface area (Å²) >= 11 is 3.61. The molecule has 0 saturated carbocycles. The van der Waals surface area contributed by atoms with Crippen molar-refractivity contribution in [3.05, 3.63) is 0 Å². The Labute approximate surface area is 109 Å². The Morgan fingerprint density at radius 3 is 2.62 bits per heavy atom. The molecule has 0 bridgehead atoms. The normalized spacial score (nSPS) is 24.0. The topological polar surface area (TPSA) is 12.5 Å². The maximum absolute atomic E-state index is 5.77. The summed E-state index contributed by atoms with van der Waals surface area (Å²) in [4.78, 5) is 2.43. The van der Waals surface area contributed by atoms with E-state index in [1.165, 1.54) is 25.8 Å². The molecule has 0 N–H and O–H groups in total. The molecule has 16 heavy (non-hydrogen) atoms. The number of alkyl halides is 1. The van der Waals surface area contributed by atoms with E-state index in [1.807, 2.05) is 0 Å². The zero-order valence-electron chi connectivity index (χ0n) is 10.9. The zero-order valence-corrected chi connectivity index (χ0v) is 12.5. The van der Waals surface area contributed by atoms with Gasteiger partial charge in [0.2, 0.25) is 0 Å². The highest BCUT2D eigenvalue weighted by atomic mass is 79.9. The van der Waals surface area contributed by atoms with E-state index in [1.54, 1.807) is 0 Å². The van der Waals surface area contributed by atoms with Crippen LogP contribution < -0.4 is 0 Å². The third kappa shape index (κ3) is 5.15. The van der Waals surface area contributed by atoms with Crippen LogP contribution in [0.5, 0.6) is 0 Å². The molecule has 0 spiro atoms. The lowest BCUT2D eigenvalue weighted by Gasteiger charge is -2.30. The Hall–Kier alpha value is 0.400. The summed E-state index contributed by atoms with van der Waals surface area (Å²) in [6.45, 7) is 7.83. The highest BCUT2D eigenvalue weighted by Crippen LogP contribution is 2.17. The molecule has 2 atom stereocenters. The molecular formula is C13H26BrNO. The van der Waals surface area contributed by atoms with Gasteiger partial charge in [-0.1, -0.05) is 29.8 Å². The first-order valence-corrected chi connectivity index (χ1v) is 7.61. The van der Waals surface area contributed by atoms with Gasteiger partial charge in [-0.05, 0) is 38.1 Å². The Morgan fingerprint density at radius 1 is 1.38 bits per heavy atom. The first-order chi connectivity index (χ1) is 7.63. The van der Waals surface area contributed by atoms with Gasteiger partial charge in [0.05, 0.1) is 6.10 Å². The van der Waals surface area contributed by atoms with E-state index < -0.39 is 0 Å². The minimum Gasteiger partial charge on any atom is -0.377 e. The van der Waals surface area contributed by atoms with Gasteiger partial charge in [0.25, 0.3) is 0 Å². The highest BCUT2D eigenvalue weighted by Gasteiger charge is 2.19. The van der Waals surface area contributed by atoms with Gasteiger partial charge >= 0.3 is 0 Å². The van der Waals surface area contributed by atoms with Crippen molar-refractivity contribution >= 4 is 15.9 Å². The fraction of sp³-hybridized carbons (Fsp3) is 1.00. The molecule has 3 heteroatoms. The molecule has 1 rings (SSSR count). The summed E-state index contributed by atoms with van der Waals surface area (Å²) in [5.41, 5.74) is 0. The molecule has 2 nitrogen and oxygen atoms in total. The van der Waals surface area contributed by atoms with Crippen molar-refractivity contribution in [1.82, 2.24) is 4.90 Å². The van der Waals surface area contributed by atoms with Crippen LogP contribution in [0.25, 0.3) is 0 Å². The maximum Gasteiger partial charge on any atom is 0.0701 e. The van der Waals surface area contributed by atoms with Crippen LogP contribution in [-0.4, -0.2) is 43.1 Å². The molecule has 0 aromatic rings. The number of rotatable bonds is 6. The average molecular weight is 292 g/mol. The second-order valence-electron chi connectivity index (χ2n) is 5.37. The SMILES string of the molecule is CC(C)C(CBr)CN(C)CC1CCCCO1. The molecule has 1 heterocycles. The Balaban J connectivity index is 2.25. The molecule has 0 radical (unpaired) electrons. The van der Waals surface area contributed by atoms with Crippen LogP contribution in [0, 0.1) is 11.8 Å².